The number of carbonyl (C=O) groups is 1. The number of ether oxygens (including phenoxy) is 1. The van der Waals surface area contributed by atoms with Crippen molar-refractivity contribution in [3.05, 3.63) is 17.4 Å². The smallest absolute Gasteiger partial charge is 0.341 e. The third kappa shape index (κ3) is 3.63. The molecule has 1 aliphatic rings. The maximum Gasteiger partial charge on any atom is 0.341 e. The second kappa shape index (κ2) is 6.17. The summed E-state index contributed by atoms with van der Waals surface area (Å²) in [6.45, 7) is 1.52. The molecular weight excluding hydrogens is 296 g/mol. The molecule has 1 saturated carbocycles. The van der Waals surface area contributed by atoms with Crippen molar-refractivity contribution in [1.82, 2.24) is 4.72 Å². The molecule has 0 aliphatic heterocycles. The lowest BCUT2D eigenvalue weighted by atomic mass is 9.93. The van der Waals surface area contributed by atoms with Gasteiger partial charge >= 0.3 is 5.97 Å². The number of esters is 1. The van der Waals surface area contributed by atoms with Gasteiger partial charge in [-0.1, -0.05) is 0 Å². The lowest BCUT2D eigenvalue weighted by molar-refractivity contribution is 0.0599. The number of methoxy groups -OCH3 is 1. The van der Waals surface area contributed by atoms with Gasteiger partial charge in [0.25, 0.3) is 10.0 Å². The molecule has 0 unspecified atom stereocenters. The Morgan fingerprint density at radius 2 is 2.00 bits per heavy atom. The van der Waals surface area contributed by atoms with Crippen molar-refractivity contribution in [2.24, 2.45) is 5.73 Å². The standard InChI is InChI=1S/C13H20N2O5S/c1-8-11(13(16)19-2)7-12(20-8)21(17,18)15-10-5-3-9(14)4-6-10/h7,9-10,15H,3-6,14H2,1-2H3. The Hall–Kier alpha value is -1.38. The van der Waals surface area contributed by atoms with Crippen LogP contribution >= 0.6 is 0 Å². The maximum atomic E-state index is 12.3. The van der Waals surface area contributed by atoms with E-state index in [9.17, 15) is 13.2 Å². The fraction of sp³-hybridized carbons (Fsp3) is 0.615. The zero-order chi connectivity index (χ0) is 15.6. The molecule has 1 fully saturated rings. The van der Waals surface area contributed by atoms with Crippen LogP contribution in [-0.4, -0.2) is 33.6 Å². The quantitative estimate of drug-likeness (QED) is 0.799. The average Bonchev–Trinajstić information content (AvgIpc) is 2.83. The molecule has 8 heteroatoms. The third-order valence-electron chi connectivity index (χ3n) is 3.66. The number of carbonyl (C=O) groups excluding carboxylic acids is 1. The molecular formula is C13H20N2O5S. The Morgan fingerprint density at radius 3 is 2.57 bits per heavy atom. The number of sulfonamides is 1. The summed E-state index contributed by atoms with van der Waals surface area (Å²) in [6, 6.07) is 1.18. The van der Waals surface area contributed by atoms with Gasteiger partial charge in [-0.05, 0) is 32.6 Å². The number of hydrogen-bond acceptors (Lipinski definition) is 6. The van der Waals surface area contributed by atoms with Crippen LogP contribution < -0.4 is 10.5 Å². The van der Waals surface area contributed by atoms with E-state index >= 15 is 0 Å². The Morgan fingerprint density at radius 1 is 1.38 bits per heavy atom. The second-order valence-corrected chi connectivity index (χ2v) is 6.90. The molecule has 0 radical (unpaired) electrons. The largest absolute Gasteiger partial charge is 0.465 e. The zero-order valence-electron chi connectivity index (χ0n) is 12.1. The minimum Gasteiger partial charge on any atom is -0.465 e. The highest BCUT2D eigenvalue weighted by molar-refractivity contribution is 7.89. The summed E-state index contributed by atoms with van der Waals surface area (Å²) < 4.78 is 36.9. The van der Waals surface area contributed by atoms with Crippen molar-refractivity contribution in [1.29, 1.82) is 0 Å². The summed E-state index contributed by atoms with van der Waals surface area (Å²) in [7, 11) is -2.56. The summed E-state index contributed by atoms with van der Waals surface area (Å²) in [6.07, 6.45) is 2.98. The average molecular weight is 316 g/mol. The van der Waals surface area contributed by atoms with Gasteiger partial charge in [0.05, 0.1) is 7.11 Å². The van der Waals surface area contributed by atoms with Crippen molar-refractivity contribution in [2.45, 2.75) is 49.8 Å². The Balaban J connectivity index is 2.14. The van der Waals surface area contributed by atoms with E-state index in [1.54, 1.807) is 0 Å². The summed E-state index contributed by atoms with van der Waals surface area (Å²) in [4.78, 5) is 11.5. The molecule has 0 atom stereocenters. The highest BCUT2D eigenvalue weighted by Crippen LogP contribution is 2.23. The molecule has 0 bridgehead atoms. The van der Waals surface area contributed by atoms with E-state index in [0.717, 1.165) is 12.8 Å². The molecule has 7 nitrogen and oxygen atoms in total. The van der Waals surface area contributed by atoms with Gasteiger partial charge in [-0.25, -0.2) is 17.9 Å². The molecule has 2 rings (SSSR count). The Bertz CT molecular complexity index is 615. The first-order valence-corrected chi connectivity index (χ1v) is 8.28. The summed E-state index contributed by atoms with van der Waals surface area (Å²) in [5.74, 6) is -0.408. The van der Waals surface area contributed by atoms with Crippen LogP contribution in [0.1, 0.15) is 41.8 Å². The van der Waals surface area contributed by atoms with E-state index in [1.807, 2.05) is 0 Å². The van der Waals surface area contributed by atoms with Gasteiger partial charge < -0.3 is 14.9 Å². The van der Waals surface area contributed by atoms with Crippen LogP contribution in [0.2, 0.25) is 0 Å². The number of nitrogens with two attached hydrogens (primary N) is 1. The van der Waals surface area contributed by atoms with E-state index in [2.05, 4.69) is 9.46 Å². The minimum absolute atomic E-state index is 0.114. The van der Waals surface area contributed by atoms with Gasteiger partial charge in [0, 0.05) is 18.2 Å². The molecule has 1 heterocycles. The van der Waals surface area contributed by atoms with Crippen molar-refractivity contribution >= 4 is 16.0 Å². The van der Waals surface area contributed by atoms with Crippen LogP contribution in [0.3, 0.4) is 0 Å². The summed E-state index contributed by atoms with van der Waals surface area (Å²) in [5, 5.41) is -0.268. The van der Waals surface area contributed by atoms with E-state index in [0.29, 0.717) is 12.8 Å². The number of nitrogens with one attached hydrogen (secondary N) is 1. The fourth-order valence-electron chi connectivity index (χ4n) is 2.41. The number of hydrogen-bond donors (Lipinski definition) is 2. The molecule has 3 N–H and O–H groups in total. The van der Waals surface area contributed by atoms with Gasteiger partial charge in [0.1, 0.15) is 11.3 Å². The lowest BCUT2D eigenvalue weighted by Gasteiger charge is -2.26. The van der Waals surface area contributed by atoms with Crippen LogP contribution in [0, 0.1) is 6.92 Å². The van der Waals surface area contributed by atoms with Crippen molar-refractivity contribution in [3.63, 3.8) is 0 Å². The maximum absolute atomic E-state index is 12.3. The Kier molecular flexibility index (Phi) is 4.70. The van der Waals surface area contributed by atoms with Crippen molar-refractivity contribution in [2.75, 3.05) is 7.11 Å². The minimum atomic E-state index is -3.79. The molecule has 1 aliphatic carbocycles. The normalized spacial score (nSPS) is 23.0. The number of aryl methyl sites for hydroxylation is 1. The van der Waals surface area contributed by atoms with Crippen LogP contribution in [0.4, 0.5) is 0 Å². The third-order valence-corrected chi connectivity index (χ3v) is 5.03. The predicted molar refractivity (Wildman–Crippen MR) is 75.3 cm³/mol. The molecule has 118 valence electrons. The highest BCUT2D eigenvalue weighted by Gasteiger charge is 2.28. The van der Waals surface area contributed by atoms with E-state index in [-0.39, 0.29) is 28.5 Å². The van der Waals surface area contributed by atoms with Gasteiger partial charge in [-0.3, -0.25) is 0 Å². The van der Waals surface area contributed by atoms with E-state index in [4.69, 9.17) is 10.2 Å². The van der Waals surface area contributed by atoms with Crippen molar-refractivity contribution in [3.8, 4) is 0 Å². The molecule has 1 aromatic heterocycles. The topological polar surface area (TPSA) is 112 Å². The lowest BCUT2D eigenvalue weighted by Crippen LogP contribution is -2.40. The van der Waals surface area contributed by atoms with Crippen LogP contribution in [0.5, 0.6) is 0 Å². The van der Waals surface area contributed by atoms with Gasteiger partial charge in [0.15, 0.2) is 0 Å². The molecule has 0 saturated heterocycles. The molecule has 1 aromatic rings. The SMILES string of the molecule is COC(=O)c1cc(S(=O)(=O)NC2CCC(N)CC2)oc1C. The first-order chi connectivity index (χ1) is 9.83. The number of furan rings is 1. The monoisotopic (exact) mass is 316 g/mol. The Labute approximate surface area is 123 Å². The molecule has 21 heavy (non-hydrogen) atoms. The van der Waals surface area contributed by atoms with Gasteiger partial charge in [-0.15, -0.1) is 0 Å². The van der Waals surface area contributed by atoms with E-state index in [1.165, 1.54) is 20.1 Å². The van der Waals surface area contributed by atoms with Crippen LogP contribution in [0.25, 0.3) is 0 Å². The summed E-state index contributed by atoms with van der Waals surface area (Å²) >= 11 is 0. The van der Waals surface area contributed by atoms with Gasteiger partial charge in [0.2, 0.25) is 5.09 Å². The molecule has 0 aromatic carbocycles. The fourth-order valence-corrected chi connectivity index (χ4v) is 3.71. The summed E-state index contributed by atoms with van der Waals surface area (Å²) in [5.41, 5.74) is 5.91. The second-order valence-electron chi connectivity index (χ2n) is 5.26. The van der Waals surface area contributed by atoms with Gasteiger partial charge in [-0.2, -0.15) is 0 Å². The molecule has 0 spiro atoms. The molecule has 0 amide bonds. The number of rotatable bonds is 4. The first-order valence-electron chi connectivity index (χ1n) is 6.80. The highest BCUT2D eigenvalue weighted by atomic mass is 32.2. The van der Waals surface area contributed by atoms with Crippen molar-refractivity contribution < 1.29 is 22.4 Å². The van der Waals surface area contributed by atoms with Crippen LogP contribution in [0.15, 0.2) is 15.6 Å². The van der Waals surface area contributed by atoms with Crippen LogP contribution in [-0.2, 0) is 14.8 Å². The van der Waals surface area contributed by atoms with E-state index < -0.39 is 16.0 Å². The zero-order valence-corrected chi connectivity index (χ0v) is 12.9. The first kappa shape index (κ1) is 16.0. The predicted octanol–water partition coefficient (Wildman–Crippen LogP) is 0.923.